The van der Waals surface area contributed by atoms with Crippen molar-refractivity contribution in [2.75, 3.05) is 70.0 Å². The molecule has 0 atom stereocenters. The van der Waals surface area contributed by atoms with Gasteiger partial charge < -0.3 is 40.2 Å². The number of carbonyl (C=O) groups excluding carboxylic acids is 2. The number of ether oxygens (including phenoxy) is 4. The van der Waals surface area contributed by atoms with Gasteiger partial charge in [-0.3, -0.25) is 9.59 Å². The summed E-state index contributed by atoms with van der Waals surface area (Å²) in [7, 11) is 0. The molecular weight excluding hydrogens is 604 g/mol. The number of benzene rings is 2. The first-order chi connectivity index (χ1) is 22.2. The van der Waals surface area contributed by atoms with Crippen LogP contribution in [0, 0.1) is 0 Å². The van der Waals surface area contributed by atoms with Crippen molar-refractivity contribution in [2.45, 2.75) is 32.2 Å². The van der Waals surface area contributed by atoms with Crippen LogP contribution in [-0.2, 0) is 20.8 Å². The quantitative estimate of drug-likeness (QED) is 0.331. The third kappa shape index (κ3) is 12.5. The maximum absolute atomic E-state index is 13.5. The molecule has 3 aromatic rings. The molecule has 248 valence electrons. The number of halogens is 2. The summed E-state index contributed by atoms with van der Waals surface area (Å²) in [5.41, 5.74) is 2.32. The number of nitrogens with zero attached hydrogens (tertiary/aromatic N) is 3. The maximum Gasteiger partial charge on any atom is 0.323 e. The fourth-order valence-electron chi connectivity index (χ4n) is 4.03. The van der Waals surface area contributed by atoms with Crippen LogP contribution in [0.5, 0.6) is 6.01 Å². The van der Waals surface area contributed by atoms with Gasteiger partial charge in [0, 0.05) is 56.6 Å². The Morgan fingerprint density at radius 3 is 1.80 bits per heavy atom. The number of fused-ring (bicyclic) bond motifs is 2. The summed E-state index contributed by atoms with van der Waals surface area (Å²) in [5, 5.41) is 11.8. The SMILES string of the molecule is CC(F)(F)COc1nc2nc(n1)Nc1ccc(cc1)C(=O)NCCCOCCOCCOCCCNC(=O)c1ccc(cc1)CN2. The van der Waals surface area contributed by atoms with E-state index in [1.165, 1.54) is 0 Å². The highest BCUT2D eigenvalue weighted by Gasteiger charge is 2.23. The molecule has 3 aliphatic heterocycles. The highest BCUT2D eigenvalue weighted by Crippen LogP contribution is 2.20. The number of carbonyl (C=O) groups is 2. The molecule has 4 heterocycles. The summed E-state index contributed by atoms with van der Waals surface area (Å²) in [6.07, 6.45) is 1.29. The second-order valence-corrected chi connectivity index (χ2v) is 10.4. The van der Waals surface area contributed by atoms with Crippen LogP contribution in [0.25, 0.3) is 0 Å². The average Bonchev–Trinajstić information content (AvgIpc) is 3.04. The van der Waals surface area contributed by atoms with Gasteiger partial charge in [-0.25, -0.2) is 8.78 Å². The molecule has 0 fully saturated rings. The lowest BCUT2D eigenvalue weighted by atomic mass is 10.1. The second kappa shape index (κ2) is 17.9. The monoisotopic (exact) mass is 643 g/mol. The zero-order valence-electron chi connectivity index (χ0n) is 25.7. The first kappa shape index (κ1) is 34.4. The first-order valence-electron chi connectivity index (χ1n) is 15.0. The van der Waals surface area contributed by atoms with E-state index in [0.717, 1.165) is 12.5 Å². The van der Waals surface area contributed by atoms with E-state index in [0.29, 0.717) is 82.4 Å². The summed E-state index contributed by atoms with van der Waals surface area (Å²) in [4.78, 5) is 37.6. The highest BCUT2D eigenvalue weighted by atomic mass is 19.3. The Morgan fingerprint density at radius 1 is 0.717 bits per heavy atom. The van der Waals surface area contributed by atoms with Gasteiger partial charge in [0.05, 0.1) is 26.4 Å². The number of amides is 2. The van der Waals surface area contributed by atoms with E-state index >= 15 is 0 Å². The molecule has 13 nitrogen and oxygen atoms in total. The van der Waals surface area contributed by atoms with Crippen molar-refractivity contribution < 1.29 is 37.3 Å². The zero-order valence-corrected chi connectivity index (χ0v) is 25.7. The molecule has 2 aromatic carbocycles. The summed E-state index contributed by atoms with van der Waals surface area (Å²) in [6, 6.07) is 13.3. The molecule has 0 saturated heterocycles. The third-order valence-electron chi connectivity index (χ3n) is 6.39. The van der Waals surface area contributed by atoms with Gasteiger partial charge in [0.2, 0.25) is 11.9 Å². The molecule has 6 rings (SSSR count). The lowest BCUT2D eigenvalue weighted by Crippen LogP contribution is -2.25. The van der Waals surface area contributed by atoms with Gasteiger partial charge >= 0.3 is 6.01 Å². The fourth-order valence-corrected chi connectivity index (χ4v) is 4.03. The Balaban J connectivity index is 1.45. The van der Waals surface area contributed by atoms with Crippen LogP contribution in [0.2, 0.25) is 0 Å². The number of hydrogen-bond acceptors (Lipinski definition) is 11. The van der Waals surface area contributed by atoms with Crippen LogP contribution in [0.4, 0.5) is 26.4 Å². The number of aromatic nitrogens is 3. The Kier molecular flexibility index (Phi) is 13.4. The van der Waals surface area contributed by atoms with Crippen molar-refractivity contribution in [1.82, 2.24) is 25.6 Å². The number of alkyl halides is 2. The van der Waals surface area contributed by atoms with E-state index in [9.17, 15) is 18.4 Å². The van der Waals surface area contributed by atoms with Crippen LogP contribution in [0.3, 0.4) is 0 Å². The van der Waals surface area contributed by atoms with Crippen molar-refractivity contribution in [3.05, 3.63) is 65.2 Å². The minimum atomic E-state index is -3.10. The van der Waals surface area contributed by atoms with Crippen molar-refractivity contribution >= 4 is 29.4 Å². The van der Waals surface area contributed by atoms with E-state index in [1.54, 1.807) is 48.5 Å². The van der Waals surface area contributed by atoms with Crippen LogP contribution in [0.1, 0.15) is 46.0 Å². The minimum absolute atomic E-state index is 0.0438. The van der Waals surface area contributed by atoms with Gasteiger partial charge in [0.15, 0.2) is 6.61 Å². The largest absolute Gasteiger partial charge is 0.457 e. The summed E-state index contributed by atoms with van der Waals surface area (Å²) in [6.45, 7) is 3.72. The Labute approximate surface area is 265 Å². The lowest BCUT2D eigenvalue weighted by molar-refractivity contribution is -0.0256. The lowest BCUT2D eigenvalue weighted by Gasteiger charge is -2.13. The molecule has 4 N–H and O–H groups in total. The molecule has 1 aromatic heterocycles. The number of nitrogens with one attached hydrogen (secondary N) is 4. The first-order valence-corrected chi connectivity index (χ1v) is 15.0. The maximum atomic E-state index is 13.5. The van der Waals surface area contributed by atoms with Gasteiger partial charge in [-0.05, 0) is 54.8 Å². The number of rotatable bonds is 3. The van der Waals surface area contributed by atoms with Crippen LogP contribution < -0.4 is 26.0 Å². The highest BCUT2D eigenvalue weighted by molar-refractivity contribution is 5.94. The smallest absolute Gasteiger partial charge is 0.323 e. The standard InChI is InChI=1S/C31H39F2N7O6/c1-31(32,33)21-46-30-39-28-36-20-22-4-6-23(7-5-22)26(41)34-12-2-14-43-16-18-45-19-17-44-15-3-13-35-27(42)24-8-10-25(11-9-24)37-29(38-28)40-30/h4-11H,2-3,12-21H2,1H3,(H,34,41)(H,35,42)(H2,36,37,38,39,40). The average molecular weight is 644 g/mol. The van der Waals surface area contributed by atoms with Crippen LogP contribution >= 0.6 is 0 Å². The van der Waals surface area contributed by atoms with E-state index in [4.69, 9.17) is 18.9 Å². The van der Waals surface area contributed by atoms with E-state index in [2.05, 4.69) is 36.2 Å². The number of hydrogen-bond donors (Lipinski definition) is 4. The summed E-state index contributed by atoms with van der Waals surface area (Å²) < 4.78 is 48.7. The van der Waals surface area contributed by atoms with Crippen molar-refractivity contribution in [3.63, 3.8) is 0 Å². The summed E-state index contributed by atoms with van der Waals surface area (Å²) in [5.74, 6) is -3.41. The Hall–Kier alpha value is -4.47. The van der Waals surface area contributed by atoms with E-state index < -0.39 is 12.5 Å². The van der Waals surface area contributed by atoms with E-state index in [-0.39, 0.29) is 36.3 Å². The molecule has 0 spiro atoms. The molecular formula is C31H39F2N7O6. The van der Waals surface area contributed by atoms with Crippen LogP contribution in [-0.4, -0.2) is 92.0 Å². The molecule has 0 radical (unpaired) electrons. The predicted octanol–water partition coefficient (Wildman–Crippen LogP) is 3.56. The predicted molar refractivity (Wildman–Crippen MR) is 166 cm³/mol. The molecule has 0 unspecified atom stereocenters. The van der Waals surface area contributed by atoms with Gasteiger partial charge in [-0.2, -0.15) is 15.0 Å². The van der Waals surface area contributed by atoms with Gasteiger partial charge in [-0.1, -0.05) is 12.1 Å². The zero-order chi connectivity index (χ0) is 32.6. The Morgan fingerprint density at radius 2 is 1.24 bits per heavy atom. The molecule has 0 saturated carbocycles. The van der Waals surface area contributed by atoms with Crippen molar-refractivity contribution in [2.24, 2.45) is 0 Å². The molecule has 46 heavy (non-hydrogen) atoms. The van der Waals surface area contributed by atoms with E-state index in [1.807, 2.05) is 0 Å². The molecule has 15 heteroatoms. The summed E-state index contributed by atoms with van der Waals surface area (Å²) >= 11 is 0. The third-order valence-corrected chi connectivity index (χ3v) is 6.39. The minimum Gasteiger partial charge on any atom is -0.457 e. The fraction of sp³-hybridized carbons (Fsp3) is 0.452. The Bertz CT molecular complexity index is 1390. The van der Waals surface area contributed by atoms with Crippen LogP contribution in [0.15, 0.2) is 48.5 Å². The van der Waals surface area contributed by atoms with Gasteiger partial charge in [0.1, 0.15) is 0 Å². The second-order valence-electron chi connectivity index (χ2n) is 10.4. The topological polar surface area (TPSA) is 158 Å². The molecule has 2 amide bonds. The van der Waals surface area contributed by atoms with Gasteiger partial charge in [0.25, 0.3) is 17.7 Å². The molecule has 6 bridgehead atoms. The molecule has 3 aliphatic rings. The number of anilines is 3. The molecule has 0 aliphatic carbocycles. The normalized spacial score (nSPS) is 16.7. The van der Waals surface area contributed by atoms with Crippen molar-refractivity contribution in [3.8, 4) is 6.01 Å². The van der Waals surface area contributed by atoms with Crippen molar-refractivity contribution in [1.29, 1.82) is 0 Å². The van der Waals surface area contributed by atoms with Gasteiger partial charge in [-0.15, -0.1) is 0 Å².